The van der Waals surface area contributed by atoms with E-state index in [-0.39, 0.29) is 24.0 Å². The zero-order valence-electron chi connectivity index (χ0n) is 26.1. The summed E-state index contributed by atoms with van der Waals surface area (Å²) < 4.78 is 38.9. The van der Waals surface area contributed by atoms with Gasteiger partial charge in [0.05, 0.1) is 24.1 Å². The summed E-state index contributed by atoms with van der Waals surface area (Å²) in [5.74, 6) is -1.02. The van der Waals surface area contributed by atoms with Crippen molar-refractivity contribution in [2.24, 2.45) is 5.73 Å². The van der Waals surface area contributed by atoms with Crippen molar-refractivity contribution in [3.8, 4) is 34.0 Å². The van der Waals surface area contributed by atoms with Gasteiger partial charge in [0.1, 0.15) is 11.6 Å². The van der Waals surface area contributed by atoms with Gasteiger partial charge < -0.3 is 30.4 Å². The summed E-state index contributed by atoms with van der Waals surface area (Å²) in [7, 11) is 1.35. The number of methoxy groups -OCH3 is 1. The van der Waals surface area contributed by atoms with E-state index in [2.05, 4.69) is 30.7 Å². The Kier molecular flexibility index (Phi) is 13.9. The third-order valence-corrected chi connectivity index (χ3v) is 6.97. The quantitative estimate of drug-likeness (QED) is 0.123. The van der Waals surface area contributed by atoms with E-state index in [0.29, 0.717) is 40.4 Å². The minimum Gasteiger partial charge on any atom is -0.469 e. The number of pyridine rings is 1. The number of benzene rings is 2. The van der Waals surface area contributed by atoms with Crippen LogP contribution in [-0.2, 0) is 14.3 Å². The summed E-state index contributed by atoms with van der Waals surface area (Å²) in [4.78, 5) is 40.6. The molecular weight excluding hydrogens is 596 g/mol. The second-order valence-electron chi connectivity index (χ2n) is 10.4. The Morgan fingerprint density at radius 2 is 1.76 bits per heavy atom. The van der Waals surface area contributed by atoms with Gasteiger partial charge in [0.2, 0.25) is 6.41 Å². The third-order valence-electron chi connectivity index (χ3n) is 6.97. The molecule has 10 nitrogen and oxygen atoms in total. The van der Waals surface area contributed by atoms with Crippen LogP contribution in [0.2, 0.25) is 0 Å². The molecule has 0 bridgehead atoms. The number of likely N-dealkylation sites (tertiary alicyclic amines) is 1. The monoisotopic (exact) mass is 635 g/mol. The number of nitrogens with two attached hydrogens (primary N) is 1. The number of hydrogen-bond donors (Lipinski definition) is 3. The highest BCUT2D eigenvalue weighted by molar-refractivity contribution is 5.95. The third kappa shape index (κ3) is 10.8. The zero-order chi connectivity index (χ0) is 33.5. The van der Waals surface area contributed by atoms with Crippen LogP contribution in [-0.4, -0.2) is 66.4 Å². The number of halogens is 2. The molecular formula is C34H39F2N5O5. The van der Waals surface area contributed by atoms with Crippen LogP contribution in [0.5, 0.6) is 11.5 Å². The van der Waals surface area contributed by atoms with Crippen molar-refractivity contribution in [2.75, 3.05) is 33.3 Å². The lowest BCUT2D eigenvalue weighted by atomic mass is 10.0. The molecule has 4 N–H and O–H groups in total. The lowest BCUT2D eigenvalue weighted by Gasteiger charge is -2.14. The van der Waals surface area contributed by atoms with E-state index >= 15 is 0 Å². The second-order valence-corrected chi connectivity index (χ2v) is 10.4. The molecule has 2 amide bonds. The van der Waals surface area contributed by atoms with Crippen LogP contribution < -0.4 is 15.8 Å². The standard InChI is InChI=1S/C30H30F2N4O2.C3H6O2.CH3NO/c1-20-5-7-25(31)24(15-20)21-6-8-26(32)29(17-21)38-23-9-11-33-28(18-23)27-16-22(19-35-27)30(37)34-10-4-14-36-12-2-3-13-36;1-3(4)5-2;2-1-3/h5-9,11,15-19,35H,2-4,10,12-14H2,1H3,(H,34,37);1-2H3;1H,(H2,2,3). The second kappa shape index (κ2) is 18.0. The molecule has 5 rings (SSSR count). The summed E-state index contributed by atoms with van der Waals surface area (Å²) in [6, 6.07) is 14.0. The fraction of sp³-hybridized carbons (Fsp3) is 0.294. The van der Waals surface area contributed by atoms with Crippen molar-refractivity contribution in [2.45, 2.75) is 33.1 Å². The van der Waals surface area contributed by atoms with Gasteiger partial charge in [-0.3, -0.25) is 19.4 Å². The molecule has 4 aromatic rings. The largest absolute Gasteiger partial charge is 0.469 e. The van der Waals surface area contributed by atoms with Crippen LogP contribution in [0.1, 0.15) is 42.1 Å². The summed E-state index contributed by atoms with van der Waals surface area (Å²) in [5.41, 5.74) is 7.63. The molecule has 0 spiro atoms. The van der Waals surface area contributed by atoms with Gasteiger partial charge in [-0.15, -0.1) is 0 Å². The molecule has 46 heavy (non-hydrogen) atoms. The van der Waals surface area contributed by atoms with E-state index in [0.717, 1.165) is 31.6 Å². The maximum absolute atomic E-state index is 14.6. The number of rotatable bonds is 9. The molecule has 0 unspecified atom stereocenters. The van der Waals surface area contributed by atoms with E-state index in [1.807, 2.05) is 6.92 Å². The summed E-state index contributed by atoms with van der Waals surface area (Å²) in [5, 5.41) is 2.97. The van der Waals surface area contributed by atoms with E-state index in [1.165, 1.54) is 51.1 Å². The smallest absolute Gasteiger partial charge is 0.302 e. The first-order chi connectivity index (χ1) is 22.1. The summed E-state index contributed by atoms with van der Waals surface area (Å²) >= 11 is 0. The maximum atomic E-state index is 14.6. The predicted molar refractivity (Wildman–Crippen MR) is 171 cm³/mol. The summed E-state index contributed by atoms with van der Waals surface area (Å²) in [6.45, 7) is 7.14. The van der Waals surface area contributed by atoms with Gasteiger partial charge in [0, 0.05) is 37.5 Å². The predicted octanol–water partition coefficient (Wildman–Crippen LogP) is 5.62. The average molecular weight is 636 g/mol. The van der Waals surface area contributed by atoms with Crippen molar-refractivity contribution in [3.63, 3.8) is 0 Å². The minimum atomic E-state index is -0.566. The summed E-state index contributed by atoms with van der Waals surface area (Å²) in [6.07, 6.45) is 6.87. The average Bonchev–Trinajstić information content (AvgIpc) is 3.76. The first-order valence-electron chi connectivity index (χ1n) is 14.7. The van der Waals surface area contributed by atoms with Gasteiger partial charge in [0.25, 0.3) is 5.91 Å². The first kappa shape index (κ1) is 35.4. The molecule has 1 saturated heterocycles. The number of aryl methyl sites for hydroxylation is 1. The van der Waals surface area contributed by atoms with Gasteiger partial charge in [-0.25, -0.2) is 8.78 Å². The lowest BCUT2D eigenvalue weighted by molar-refractivity contribution is -0.137. The molecule has 1 fully saturated rings. The van der Waals surface area contributed by atoms with E-state index in [4.69, 9.17) is 9.53 Å². The van der Waals surface area contributed by atoms with Crippen LogP contribution in [0.3, 0.4) is 0 Å². The Balaban J connectivity index is 0.000000647. The number of nitrogens with zero attached hydrogens (tertiary/aromatic N) is 2. The number of amides is 2. The fourth-order valence-electron chi connectivity index (χ4n) is 4.64. The molecule has 0 saturated carbocycles. The van der Waals surface area contributed by atoms with Crippen LogP contribution in [0, 0.1) is 18.6 Å². The van der Waals surface area contributed by atoms with E-state index in [9.17, 15) is 18.4 Å². The highest BCUT2D eigenvalue weighted by Gasteiger charge is 2.14. The molecule has 2 aromatic carbocycles. The number of carbonyl (C=O) groups excluding carboxylic acids is 3. The number of aromatic amines is 1. The Bertz CT molecular complexity index is 1600. The number of carbonyl (C=O) groups is 3. The molecule has 0 atom stereocenters. The lowest BCUT2D eigenvalue weighted by Crippen LogP contribution is -2.28. The molecule has 12 heteroatoms. The van der Waals surface area contributed by atoms with E-state index < -0.39 is 11.6 Å². The molecule has 1 aliphatic heterocycles. The Morgan fingerprint density at radius 1 is 1.07 bits per heavy atom. The number of nitrogens with one attached hydrogen (secondary N) is 2. The van der Waals surface area contributed by atoms with Crippen molar-refractivity contribution in [1.82, 2.24) is 20.2 Å². The Labute approximate surface area is 266 Å². The maximum Gasteiger partial charge on any atom is 0.302 e. The highest BCUT2D eigenvalue weighted by atomic mass is 19.1. The van der Waals surface area contributed by atoms with E-state index in [1.54, 1.807) is 42.7 Å². The topological polar surface area (TPSA) is 140 Å². The number of primary amides is 1. The van der Waals surface area contributed by atoms with Gasteiger partial charge in [-0.1, -0.05) is 17.7 Å². The van der Waals surface area contributed by atoms with Gasteiger partial charge in [-0.05, 0) is 87.8 Å². The molecule has 0 radical (unpaired) electrons. The Morgan fingerprint density at radius 3 is 2.46 bits per heavy atom. The van der Waals surface area contributed by atoms with Crippen LogP contribution in [0.15, 0.2) is 67.0 Å². The highest BCUT2D eigenvalue weighted by Crippen LogP contribution is 2.32. The molecule has 244 valence electrons. The van der Waals surface area contributed by atoms with Crippen molar-refractivity contribution in [1.29, 1.82) is 0 Å². The number of esters is 1. The van der Waals surface area contributed by atoms with Gasteiger partial charge >= 0.3 is 5.97 Å². The fourth-order valence-corrected chi connectivity index (χ4v) is 4.64. The molecule has 3 heterocycles. The van der Waals surface area contributed by atoms with Gasteiger partial charge in [-0.2, -0.15) is 0 Å². The van der Waals surface area contributed by atoms with Crippen molar-refractivity contribution in [3.05, 3.63) is 89.8 Å². The van der Waals surface area contributed by atoms with Crippen LogP contribution in [0.25, 0.3) is 22.5 Å². The van der Waals surface area contributed by atoms with Crippen LogP contribution >= 0.6 is 0 Å². The normalized spacial score (nSPS) is 12.2. The molecule has 1 aliphatic rings. The SMILES string of the molecule is COC(C)=O.Cc1ccc(F)c(-c2ccc(F)c(Oc3ccnc(-c4cc(C(=O)NCCCN5CCCC5)c[nH]4)c3)c2)c1.NC=O. The number of H-pyrrole nitrogens is 1. The van der Waals surface area contributed by atoms with Crippen LogP contribution in [0.4, 0.5) is 8.78 Å². The number of hydrogen-bond acceptors (Lipinski definition) is 7. The molecule has 0 aliphatic carbocycles. The first-order valence-corrected chi connectivity index (χ1v) is 14.7. The molecule has 2 aromatic heterocycles. The van der Waals surface area contributed by atoms with Gasteiger partial charge in [0.15, 0.2) is 11.6 Å². The van der Waals surface area contributed by atoms with Crippen molar-refractivity contribution >= 4 is 18.3 Å². The Hall–Kier alpha value is -5.10. The number of aromatic nitrogens is 2. The zero-order valence-corrected chi connectivity index (χ0v) is 26.1. The van der Waals surface area contributed by atoms with Crippen molar-refractivity contribution < 1.29 is 32.6 Å². The minimum absolute atomic E-state index is 0.0268. The number of ether oxygens (including phenoxy) is 2.